The van der Waals surface area contributed by atoms with Gasteiger partial charge in [0.05, 0.1) is 34.9 Å². The van der Waals surface area contributed by atoms with E-state index >= 15 is 0 Å². The van der Waals surface area contributed by atoms with Gasteiger partial charge in [0.15, 0.2) is 0 Å². The lowest BCUT2D eigenvalue weighted by Gasteiger charge is -2.16. The van der Waals surface area contributed by atoms with Crippen LogP contribution in [0.3, 0.4) is 0 Å². The summed E-state index contributed by atoms with van der Waals surface area (Å²) in [5.74, 6) is -0.799. The molecule has 1 aliphatic rings. The molecule has 0 aliphatic heterocycles. The molecule has 11 heteroatoms. The van der Waals surface area contributed by atoms with Crippen LogP contribution in [-0.4, -0.2) is 31.8 Å². The molecule has 0 radical (unpaired) electrons. The van der Waals surface area contributed by atoms with E-state index in [4.69, 9.17) is 0 Å². The summed E-state index contributed by atoms with van der Waals surface area (Å²) in [6, 6.07) is 5.01. The normalized spacial score (nSPS) is 15.1. The quantitative estimate of drug-likeness (QED) is 0.643. The molecule has 1 N–H and O–H groups in total. The van der Waals surface area contributed by atoms with Crippen molar-refractivity contribution in [1.29, 1.82) is 0 Å². The van der Waals surface area contributed by atoms with E-state index in [1.54, 1.807) is 13.8 Å². The van der Waals surface area contributed by atoms with E-state index in [0.717, 1.165) is 17.5 Å². The van der Waals surface area contributed by atoms with E-state index in [1.165, 1.54) is 30.5 Å². The summed E-state index contributed by atoms with van der Waals surface area (Å²) in [4.78, 5) is 25.2. The summed E-state index contributed by atoms with van der Waals surface area (Å²) in [6.07, 6.45) is -1.23. The van der Waals surface area contributed by atoms with Gasteiger partial charge in [-0.1, -0.05) is 12.1 Å². The number of benzene rings is 1. The van der Waals surface area contributed by atoms with Crippen molar-refractivity contribution in [2.45, 2.75) is 51.7 Å². The monoisotopic (exact) mass is 435 g/mol. The van der Waals surface area contributed by atoms with Gasteiger partial charge in [-0.15, -0.1) is 13.2 Å². The van der Waals surface area contributed by atoms with Crippen LogP contribution in [0, 0.1) is 6.92 Å². The molecule has 3 aromatic rings. The van der Waals surface area contributed by atoms with E-state index < -0.39 is 23.9 Å². The molecule has 0 unspecified atom stereocenters. The Bertz CT molecular complexity index is 1180. The van der Waals surface area contributed by atoms with Crippen LogP contribution in [-0.2, 0) is 11.3 Å². The third-order valence-corrected chi connectivity index (χ3v) is 5.05. The van der Waals surface area contributed by atoms with Crippen molar-refractivity contribution < 1.29 is 22.7 Å². The number of carbonyl (C=O) groups excluding carboxylic acids is 1. The fraction of sp³-hybridized carbons (Fsp3) is 0.400. The first-order valence-electron chi connectivity index (χ1n) is 9.72. The van der Waals surface area contributed by atoms with Gasteiger partial charge in [-0.3, -0.25) is 14.3 Å². The molecule has 8 nitrogen and oxygen atoms in total. The van der Waals surface area contributed by atoms with Gasteiger partial charge in [0, 0.05) is 0 Å². The number of aryl methyl sites for hydroxylation is 1. The Hall–Kier alpha value is -3.37. The minimum absolute atomic E-state index is 0.288. The zero-order valence-electron chi connectivity index (χ0n) is 16.8. The highest BCUT2D eigenvalue weighted by Gasteiger charge is 2.31. The van der Waals surface area contributed by atoms with Crippen LogP contribution in [0.1, 0.15) is 43.1 Å². The average molecular weight is 435 g/mol. The van der Waals surface area contributed by atoms with E-state index in [9.17, 15) is 22.8 Å². The number of nitrogens with zero attached hydrogens (tertiary/aromatic N) is 4. The van der Waals surface area contributed by atoms with Crippen molar-refractivity contribution >= 4 is 16.8 Å². The summed E-state index contributed by atoms with van der Waals surface area (Å²) >= 11 is 0. The molecule has 4 rings (SSSR count). The highest BCUT2D eigenvalue weighted by Crippen LogP contribution is 2.36. The Balaban J connectivity index is 1.45. The lowest BCUT2D eigenvalue weighted by atomic mass is 10.1. The molecule has 1 fully saturated rings. The van der Waals surface area contributed by atoms with Crippen molar-refractivity contribution in [3.05, 3.63) is 52.1 Å². The van der Waals surface area contributed by atoms with E-state index in [1.807, 2.05) is 4.68 Å². The SMILES string of the molecule is Cc1nn(CC(=O)N[C@@H](C)c2ccc(OC(F)(F)F)cc2)c(=O)c2cnn(C3CC3)c12. The Kier molecular flexibility index (Phi) is 5.19. The molecule has 1 atom stereocenters. The summed E-state index contributed by atoms with van der Waals surface area (Å²) in [7, 11) is 0. The number of amides is 1. The summed E-state index contributed by atoms with van der Waals surface area (Å²) < 4.78 is 43.5. The molecule has 0 spiro atoms. The largest absolute Gasteiger partial charge is 0.573 e. The van der Waals surface area contributed by atoms with E-state index in [2.05, 4.69) is 20.3 Å². The molecular formula is C20H20F3N5O3. The van der Waals surface area contributed by atoms with Gasteiger partial charge in [-0.25, -0.2) is 4.68 Å². The summed E-state index contributed by atoms with van der Waals surface area (Å²) in [5.41, 5.74) is 1.49. The van der Waals surface area contributed by atoms with Gasteiger partial charge >= 0.3 is 6.36 Å². The Labute approximate surface area is 174 Å². The lowest BCUT2D eigenvalue weighted by Crippen LogP contribution is -2.35. The number of aromatic nitrogens is 4. The molecule has 1 amide bonds. The second kappa shape index (κ2) is 7.71. The third kappa shape index (κ3) is 4.54. The number of rotatable bonds is 6. The maximum atomic E-state index is 12.7. The Morgan fingerprint density at radius 2 is 1.97 bits per heavy atom. The molecule has 1 saturated carbocycles. The molecule has 1 aliphatic carbocycles. The smallest absolute Gasteiger partial charge is 0.406 e. The summed E-state index contributed by atoms with van der Waals surface area (Å²) in [5, 5.41) is 11.7. The van der Waals surface area contributed by atoms with Crippen LogP contribution in [0.5, 0.6) is 5.75 Å². The van der Waals surface area contributed by atoms with Gasteiger partial charge in [0.25, 0.3) is 5.56 Å². The zero-order valence-corrected chi connectivity index (χ0v) is 16.8. The van der Waals surface area contributed by atoms with Crippen molar-refractivity contribution in [3.8, 4) is 5.75 Å². The molecule has 0 saturated heterocycles. The maximum Gasteiger partial charge on any atom is 0.573 e. The van der Waals surface area contributed by atoms with Gasteiger partial charge < -0.3 is 10.1 Å². The molecule has 2 aromatic heterocycles. The predicted octanol–water partition coefficient (Wildman–Crippen LogP) is 3.01. The number of ether oxygens (including phenoxy) is 1. The van der Waals surface area contributed by atoms with Crippen LogP contribution in [0.15, 0.2) is 35.3 Å². The number of hydrogen-bond acceptors (Lipinski definition) is 5. The van der Waals surface area contributed by atoms with Crippen LogP contribution < -0.4 is 15.6 Å². The second-order valence-corrected chi connectivity index (χ2v) is 7.54. The predicted molar refractivity (Wildman–Crippen MR) is 104 cm³/mol. The van der Waals surface area contributed by atoms with Crippen molar-refractivity contribution in [2.24, 2.45) is 0 Å². The first-order chi connectivity index (χ1) is 14.6. The topological polar surface area (TPSA) is 91.0 Å². The van der Waals surface area contributed by atoms with Crippen LogP contribution in [0.4, 0.5) is 13.2 Å². The number of nitrogens with one attached hydrogen (secondary N) is 1. The number of hydrogen-bond donors (Lipinski definition) is 1. The fourth-order valence-electron chi connectivity index (χ4n) is 3.46. The van der Waals surface area contributed by atoms with Gasteiger partial charge in [0.2, 0.25) is 5.91 Å². The van der Waals surface area contributed by atoms with Crippen molar-refractivity contribution in [3.63, 3.8) is 0 Å². The highest BCUT2D eigenvalue weighted by atomic mass is 19.4. The van der Waals surface area contributed by atoms with Crippen LogP contribution >= 0.6 is 0 Å². The first-order valence-corrected chi connectivity index (χ1v) is 9.72. The average Bonchev–Trinajstić information content (AvgIpc) is 3.42. The highest BCUT2D eigenvalue weighted by molar-refractivity contribution is 5.80. The maximum absolute atomic E-state index is 12.7. The van der Waals surface area contributed by atoms with E-state index in [0.29, 0.717) is 28.2 Å². The Morgan fingerprint density at radius 3 is 2.58 bits per heavy atom. The van der Waals surface area contributed by atoms with E-state index in [-0.39, 0.29) is 12.3 Å². The number of alkyl halides is 3. The molecule has 31 heavy (non-hydrogen) atoms. The lowest BCUT2D eigenvalue weighted by molar-refractivity contribution is -0.274. The minimum atomic E-state index is -4.77. The Morgan fingerprint density at radius 1 is 1.29 bits per heavy atom. The van der Waals surface area contributed by atoms with Gasteiger partial charge in [-0.05, 0) is 44.4 Å². The zero-order chi connectivity index (χ0) is 22.3. The minimum Gasteiger partial charge on any atom is -0.406 e. The number of carbonyl (C=O) groups is 1. The summed E-state index contributed by atoms with van der Waals surface area (Å²) in [6.45, 7) is 3.16. The third-order valence-electron chi connectivity index (χ3n) is 5.05. The van der Waals surface area contributed by atoms with Crippen LogP contribution in [0.25, 0.3) is 10.9 Å². The first kappa shape index (κ1) is 20.9. The molecule has 1 aromatic carbocycles. The van der Waals surface area contributed by atoms with Gasteiger partial charge in [-0.2, -0.15) is 10.2 Å². The molecular weight excluding hydrogens is 415 g/mol. The molecule has 0 bridgehead atoms. The fourth-order valence-corrected chi connectivity index (χ4v) is 3.46. The van der Waals surface area contributed by atoms with Gasteiger partial charge in [0.1, 0.15) is 12.3 Å². The van der Waals surface area contributed by atoms with Crippen LogP contribution in [0.2, 0.25) is 0 Å². The number of fused-ring (bicyclic) bond motifs is 1. The standard InChI is InChI=1S/C20H20F3N5O3/c1-11(13-3-7-15(8-4-13)31-20(21,22)23)25-17(29)10-27-19(30)16-9-24-28(14-5-6-14)18(16)12(2)26-27/h3-4,7-9,11,14H,5-6,10H2,1-2H3,(H,25,29)/t11-/m0/s1. The van der Waals surface area contributed by atoms with Crippen molar-refractivity contribution in [1.82, 2.24) is 24.9 Å². The second-order valence-electron chi connectivity index (χ2n) is 7.54. The number of halogens is 3. The molecule has 164 valence electrons. The van der Waals surface area contributed by atoms with Crippen molar-refractivity contribution in [2.75, 3.05) is 0 Å². The molecule has 2 heterocycles.